The molecule has 0 fully saturated rings. The molecule has 37 heavy (non-hydrogen) atoms. The number of halogens is 1. The maximum Gasteiger partial charge on any atom is 0.264 e. The molecule has 1 heterocycles. The van der Waals surface area contributed by atoms with E-state index in [1.807, 2.05) is 19.1 Å². The third kappa shape index (κ3) is 5.11. The molecule has 3 aromatic carbocycles. The van der Waals surface area contributed by atoms with Gasteiger partial charge in [0.2, 0.25) is 10.0 Å². The second kappa shape index (κ2) is 10.4. The number of fused-ring (bicyclic) bond motifs is 1. The lowest BCUT2D eigenvalue weighted by atomic mass is 10.1. The Morgan fingerprint density at radius 3 is 2.38 bits per heavy atom. The summed E-state index contributed by atoms with van der Waals surface area (Å²) in [6.45, 7) is 5.91. The molecule has 196 valence electrons. The van der Waals surface area contributed by atoms with Crippen LogP contribution in [0.3, 0.4) is 0 Å². The van der Waals surface area contributed by atoms with Crippen LogP contribution < -0.4 is 9.62 Å². The van der Waals surface area contributed by atoms with Crippen molar-refractivity contribution < 1.29 is 21.6 Å². The maximum absolute atomic E-state index is 13.6. The van der Waals surface area contributed by atoms with Gasteiger partial charge >= 0.3 is 0 Å². The van der Waals surface area contributed by atoms with E-state index in [1.165, 1.54) is 51.1 Å². The van der Waals surface area contributed by atoms with Crippen molar-refractivity contribution >= 4 is 48.9 Å². The van der Waals surface area contributed by atoms with Crippen molar-refractivity contribution in [1.29, 1.82) is 0 Å². The Balaban J connectivity index is 1.63. The number of benzene rings is 3. The van der Waals surface area contributed by atoms with Crippen molar-refractivity contribution in [3.8, 4) is 0 Å². The van der Waals surface area contributed by atoms with Gasteiger partial charge in [-0.05, 0) is 61.4 Å². The Hall–Kier alpha value is -2.92. The molecule has 1 N–H and O–H groups in total. The fourth-order valence-corrected chi connectivity index (χ4v) is 7.87. The van der Waals surface area contributed by atoms with Crippen LogP contribution in [-0.2, 0) is 26.5 Å². The predicted octanol–water partition coefficient (Wildman–Crippen LogP) is 4.76. The van der Waals surface area contributed by atoms with Gasteiger partial charge in [0.05, 0.1) is 26.2 Å². The van der Waals surface area contributed by atoms with Crippen LogP contribution in [0.2, 0.25) is 5.02 Å². The quantitative estimate of drug-likeness (QED) is 0.427. The summed E-state index contributed by atoms with van der Waals surface area (Å²) in [6.07, 6.45) is 0.598. The first-order valence-corrected chi connectivity index (χ1v) is 15.1. The summed E-state index contributed by atoms with van der Waals surface area (Å²) in [5, 5.41) is 2.78. The number of nitrogens with one attached hydrogen (secondary N) is 1. The smallest absolute Gasteiger partial charge is 0.264 e. The van der Waals surface area contributed by atoms with Crippen LogP contribution in [0.1, 0.15) is 36.7 Å². The Kier molecular flexibility index (Phi) is 7.66. The van der Waals surface area contributed by atoms with Crippen LogP contribution in [0.4, 0.5) is 11.4 Å². The standard InChI is InChI=1S/C26H28ClN3O5S2/c1-4-29(5-2)36(32,33)22-13-14-23(27)24(17-22)28-26(31)20-10-8-11-21(16-20)37(34,35)30-18(3)15-19-9-6-7-12-25(19)30/h6-14,16-18H,4-5,15H2,1-3H3,(H,28,31)/t18-/m0/s1. The van der Waals surface area contributed by atoms with Gasteiger partial charge in [-0.2, -0.15) is 4.31 Å². The van der Waals surface area contributed by atoms with Crippen molar-refractivity contribution in [2.75, 3.05) is 22.7 Å². The van der Waals surface area contributed by atoms with Gasteiger partial charge in [0.25, 0.3) is 15.9 Å². The molecule has 3 aromatic rings. The monoisotopic (exact) mass is 561 g/mol. The molecule has 0 unspecified atom stereocenters. The minimum absolute atomic E-state index is 0.00563. The Morgan fingerprint density at radius 2 is 1.68 bits per heavy atom. The molecule has 0 aliphatic carbocycles. The van der Waals surface area contributed by atoms with E-state index in [0.717, 1.165) is 5.56 Å². The van der Waals surface area contributed by atoms with Crippen LogP contribution in [0, 0.1) is 0 Å². The summed E-state index contributed by atoms with van der Waals surface area (Å²) in [7, 11) is -7.70. The highest BCUT2D eigenvalue weighted by atomic mass is 35.5. The Bertz CT molecular complexity index is 1550. The number of amides is 1. The number of hydrogen-bond donors (Lipinski definition) is 1. The van der Waals surface area contributed by atoms with Crippen LogP contribution in [-0.4, -0.2) is 46.2 Å². The largest absolute Gasteiger partial charge is 0.321 e. The van der Waals surface area contributed by atoms with E-state index in [2.05, 4.69) is 5.32 Å². The molecule has 8 nitrogen and oxygen atoms in total. The fourth-order valence-electron chi connectivity index (χ4n) is 4.48. The molecule has 1 atom stereocenters. The molecule has 1 amide bonds. The highest BCUT2D eigenvalue weighted by Crippen LogP contribution is 2.36. The highest BCUT2D eigenvalue weighted by Gasteiger charge is 2.36. The minimum atomic E-state index is -3.94. The topological polar surface area (TPSA) is 104 Å². The Morgan fingerprint density at radius 1 is 0.973 bits per heavy atom. The van der Waals surface area contributed by atoms with Crippen LogP contribution in [0.5, 0.6) is 0 Å². The molecule has 11 heteroatoms. The molecule has 1 aliphatic rings. The lowest BCUT2D eigenvalue weighted by Crippen LogP contribution is -2.35. The first-order valence-electron chi connectivity index (χ1n) is 11.8. The third-order valence-corrected chi connectivity index (χ3v) is 10.6. The summed E-state index contributed by atoms with van der Waals surface area (Å²) in [5.74, 6) is -0.619. The average molecular weight is 562 g/mol. The summed E-state index contributed by atoms with van der Waals surface area (Å²) in [5.41, 5.74) is 1.77. The van der Waals surface area contributed by atoms with Crippen molar-refractivity contribution in [2.24, 2.45) is 0 Å². The van der Waals surface area contributed by atoms with Crippen molar-refractivity contribution in [3.63, 3.8) is 0 Å². The Labute approximate surface area is 223 Å². The maximum atomic E-state index is 13.6. The number of carbonyl (C=O) groups excluding carboxylic acids is 1. The van der Waals surface area contributed by atoms with Gasteiger partial charge in [0, 0.05) is 24.7 Å². The first-order chi connectivity index (χ1) is 17.5. The van der Waals surface area contributed by atoms with E-state index in [1.54, 1.807) is 26.0 Å². The molecule has 0 saturated carbocycles. The van der Waals surface area contributed by atoms with Gasteiger partial charge in [0.1, 0.15) is 0 Å². The third-order valence-electron chi connectivity index (χ3n) is 6.33. The van der Waals surface area contributed by atoms with Gasteiger partial charge < -0.3 is 5.32 Å². The SMILES string of the molecule is CCN(CC)S(=O)(=O)c1ccc(Cl)c(NC(=O)c2cccc(S(=O)(=O)N3c4ccccc4C[C@@H]3C)c2)c1. The van der Waals surface area contributed by atoms with Gasteiger partial charge in [-0.25, -0.2) is 16.8 Å². The minimum Gasteiger partial charge on any atom is -0.321 e. The van der Waals surface area contributed by atoms with Crippen LogP contribution >= 0.6 is 11.6 Å². The average Bonchev–Trinajstić information content (AvgIpc) is 3.22. The van der Waals surface area contributed by atoms with Gasteiger partial charge in [0.15, 0.2) is 0 Å². The summed E-state index contributed by atoms with van der Waals surface area (Å²) in [4.78, 5) is 13.1. The van der Waals surface area contributed by atoms with E-state index in [0.29, 0.717) is 25.2 Å². The molecular weight excluding hydrogens is 534 g/mol. The van der Waals surface area contributed by atoms with Crippen molar-refractivity contribution in [1.82, 2.24) is 4.31 Å². The molecule has 0 saturated heterocycles. The van der Waals surface area contributed by atoms with E-state index < -0.39 is 26.0 Å². The summed E-state index contributed by atoms with van der Waals surface area (Å²) >= 11 is 6.25. The molecule has 0 bridgehead atoms. The molecule has 0 aromatic heterocycles. The zero-order valence-corrected chi connectivity index (χ0v) is 23.1. The van der Waals surface area contributed by atoms with Gasteiger partial charge in [-0.3, -0.25) is 9.10 Å². The van der Waals surface area contributed by atoms with Gasteiger partial charge in [-0.1, -0.05) is 49.7 Å². The van der Waals surface area contributed by atoms with E-state index in [-0.39, 0.29) is 32.1 Å². The zero-order valence-electron chi connectivity index (χ0n) is 20.7. The molecule has 0 spiro atoms. The number of anilines is 2. The molecule has 4 rings (SSSR count). The molecule has 1 aliphatic heterocycles. The predicted molar refractivity (Wildman–Crippen MR) is 145 cm³/mol. The van der Waals surface area contributed by atoms with E-state index in [4.69, 9.17) is 11.6 Å². The normalized spacial score (nSPS) is 15.6. The fraction of sp³-hybridized carbons (Fsp3) is 0.269. The number of nitrogens with zero attached hydrogens (tertiary/aromatic N) is 2. The highest BCUT2D eigenvalue weighted by molar-refractivity contribution is 7.93. The second-order valence-electron chi connectivity index (χ2n) is 8.70. The van der Waals surface area contributed by atoms with Crippen molar-refractivity contribution in [2.45, 2.75) is 43.0 Å². The summed E-state index contributed by atoms with van der Waals surface area (Å²) < 4.78 is 55.6. The second-order valence-corrected chi connectivity index (χ2v) is 12.9. The van der Waals surface area contributed by atoms with Crippen LogP contribution in [0.15, 0.2) is 76.5 Å². The molecular formula is C26H28ClN3O5S2. The summed E-state index contributed by atoms with van der Waals surface area (Å²) in [6, 6.07) is 16.9. The van der Waals surface area contributed by atoms with E-state index in [9.17, 15) is 21.6 Å². The van der Waals surface area contributed by atoms with Crippen molar-refractivity contribution in [3.05, 3.63) is 82.9 Å². The molecule has 0 radical (unpaired) electrons. The number of sulfonamides is 2. The van der Waals surface area contributed by atoms with Crippen LogP contribution in [0.25, 0.3) is 0 Å². The van der Waals surface area contributed by atoms with Gasteiger partial charge in [-0.15, -0.1) is 0 Å². The lowest BCUT2D eigenvalue weighted by Gasteiger charge is -2.24. The number of rotatable bonds is 8. The lowest BCUT2D eigenvalue weighted by molar-refractivity contribution is 0.102. The number of carbonyl (C=O) groups is 1. The number of hydrogen-bond acceptors (Lipinski definition) is 5. The zero-order chi connectivity index (χ0) is 27.0. The number of para-hydroxylation sites is 1. The van der Waals surface area contributed by atoms with E-state index >= 15 is 0 Å². The first kappa shape index (κ1) is 27.1.